The molecule has 0 aliphatic rings. The highest BCUT2D eigenvalue weighted by molar-refractivity contribution is 7.09. The number of amides is 1. The normalized spacial score (nSPS) is 10.3. The van der Waals surface area contributed by atoms with Crippen LogP contribution in [0.25, 0.3) is 0 Å². The molecule has 0 saturated carbocycles. The van der Waals surface area contributed by atoms with Gasteiger partial charge in [0.25, 0.3) is 5.91 Å². The van der Waals surface area contributed by atoms with E-state index >= 15 is 0 Å². The Bertz CT molecular complexity index is 327. The van der Waals surface area contributed by atoms with Crippen molar-refractivity contribution in [3.8, 4) is 0 Å². The number of rotatable bonds is 5. The fourth-order valence-corrected chi connectivity index (χ4v) is 1.98. The summed E-state index contributed by atoms with van der Waals surface area (Å²) in [4.78, 5) is 17.9. The molecule has 5 heteroatoms. The van der Waals surface area contributed by atoms with E-state index in [2.05, 4.69) is 4.98 Å². The maximum atomic E-state index is 11.9. The number of aromatic nitrogens is 1. The molecular formula is C10H15ClN2OS. The van der Waals surface area contributed by atoms with Crippen molar-refractivity contribution >= 4 is 28.8 Å². The van der Waals surface area contributed by atoms with Gasteiger partial charge in [-0.2, -0.15) is 0 Å². The quantitative estimate of drug-likeness (QED) is 0.748. The van der Waals surface area contributed by atoms with Gasteiger partial charge in [-0.1, -0.05) is 0 Å². The Kier molecular flexibility index (Phi) is 5.05. The Morgan fingerprint density at radius 2 is 2.40 bits per heavy atom. The summed E-state index contributed by atoms with van der Waals surface area (Å²) < 4.78 is 0. The van der Waals surface area contributed by atoms with Gasteiger partial charge in [0, 0.05) is 24.3 Å². The van der Waals surface area contributed by atoms with E-state index in [1.54, 1.807) is 10.3 Å². The highest BCUT2D eigenvalue weighted by Gasteiger charge is 2.15. The van der Waals surface area contributed by atoms with E-state index in [1.165, 1.54) is 11.3 Å². The number of hydrogen-bond acceptors (Lipinski definition) is 3. The van der Waals surface area contributed by atoms with Crippen molar-refractivity contribution in [2.75, 3.05) is 19.0 Å². The number of carbonyl (C=O) groups is 1. The summed E-state index contributed by atoms with van der Waals surface area (Å²) in [5.74, 6) is 0.590. The molecule has 1 aromatic heterocycles. The number of carbonyl (C=O) groups excluding carboxylic acids is 1. The van der Waals surface area contributed by atoms with E-state index in [4.69, 9.17) is 11.6 Å². The monoisotopic (exact) mass is 246 g/mol. The molecule has 0 aromatic carbocycles. The largest absolute Gasteiger partial charge is 0.338 e. The molecule has 1 amide bonds. The number of hydrogen-bond donors (Lipinski definition) is 0. The second kappa shape index (κ2) is 6.08. The number of nitrogens with zero attached hydrogens (tertiary/aromatic N) is 2. The zero-order valence-corrected chi connectivity index (χ0v) is 10.6. The van der Waals surface area contributed by atoms with Gasteiger partial charge in [-0.25, -0.2) is 4.98 Å². The lowest BCUT2D eigenvalue weighted by molar-refractivity contribution is 0.0759. The van der Waals surface area contributed by atoms with Gasteiger partial charge < -0.3 is 4.90 Å². The lowest BCUT2D eigenvalue weighted by Gasteiger charge is -2.18. The second-order valence-corrected chi connectivity index (χ2v) is 4.62. The minimum atomic E-state index is 0.00645. The molecule has 0 spiro atoms. The Morgan fingerprint density at radius 1 is 1.67 bits per heavy atom. The zero-order valence-electron chi connectivity index (χ0n) is 8.99. The summed E-state index contributed by atoms with van der Waals surface area (Å²) in [5, 5.41) is 2.73. The van der Waals surface area contributed by atoms with Crippen molar-refractivity contribution in [1.82, 2.24) is 9.88 Å². The lowest BCUT2D eigenvalue weighted by atomic mass is 10.3. The molecule has 0 saturated heterocycles. The van der Waals surface area contributed by atoms with Crippen LogP contribution in [0, 0.1) is 6.92 Å². The van der Waals surface area contributed by atoms with Gasteiger partial charge in [-0.15, -0.1) is 22.9 Å². The molecular weight excluding hydrogens is 232 g/mol. The lowest BCUT2D eigenvalue weighted by Crippen LogP contribution is -2.32. The maximum absolute atomic E-state index is 11.9. The molecule has 84 valence electrons. The van der Waals surface area contributed by atoms with Crippen LogP contribution in [0.2, 0.25) is 0 Å². The number of thiazole rings is 1. The Morgan fingerprint density at radius 3 is 2.87 bits per heavy atom. The van der Waals surface area contributed by atoms with Gasteiger partial charge in [0.1, 0.15) is 5.69 Å². The van der Waals surface area contributed by atoms with E-state index < -0.39 is 0 Å². The van der Waals surface area contributed by atoms with Crippen molar-refractivity contribution in [1.29, 1.82) is 0 Å². The third-order valence-corrected chi connectivity index (χ3v) is 3.11. The molecule has 15 heavy (non-hydrogen) atoms. The smallest absolute Gasteiger partial charge is 0.273 e. The van der Waals surface area contributed by atoms with Crippen LogP contribution >= 0.6 is 22.9 Å². The molecule has 0 aliphatic heterocycles. The van der Waals surface area contributed by atoms with Crippen molar-refractivity contribution in [2.45, 2.75) is 20.3 Å². The van der Waals surface area contributed by atoms with E-state index in [0.717, 1.165) is 11.4 Å². The molecule has 1 aromatic rings. The topological polar surface area (TPSA) is 33.2 Å². The predicted molar refractivity (Wildman–Crippen MR) is 63.8 cm³/mol. The molecule has 0 N–H and O–H groups in total. The van der Waals surface area contributed by atoms with Crippen molar-refractivity contribution in [3.63, 3.8) is 0 Å². The van der Waals surface area contributed by atoms with Crippen molar-refractivity contribution < 1.29 is 4.79 Å². The fourth-order valence-electron chi connectivity index (χ4n) is 1.28. The zero-order chi connectivity index (χ0) is 11.3. The molecule has 0 unspecified atom stereocenters. The highest BCUT2D eigenvalue weighted by atomic mass is 35.5. The number of halogens is 1. The van der Waals surface area contributed by atoms with Crippen molar-refractivity contribution in [3.05, 3.63) is 16.1 Å². The third-order valence-electron chi connectivity index (χ3n) is 2.07. The SMILES string of the molecule is CCN(CCCCl)C(=O)c1csc(C)n1. The summed E-state index contributed by atoms with van der Waals surface area (Å²) >= 11 is 7.11. The number of alkyl halides is 1. The van der Waals surface area contributed by atoms with E-state index in [0.29, 0.717) is 24.7 Å². The van der Waals surface area contributed by atoms with Crippen LogP contribution in [0.15, 0.2) is 5.38 Å². The summed E-state index contributed by atoms with van der Waals surface area (Å²) in [5.41, 5.74) is 0.550. The van der Waals surface area contributed by atoms with Crippen LogP contribution in [-0.4, -0.2) is 34.8 Å². The standard InChI is InChI=1S/C10H15ClN2OS/c1-3-13(6-4-5-11)10(14)9-7-15-8(2)12-9/h7H,3-6H2,1-2H3. The number of aryl methyl sites for hydroxylation is 1. The van der Waals surface area contributed by atoms with Gasteiger partial charge >= 0.3 is 0 Å². The van der Waals surface area contributed by atoms with Gasteiger partial charge in [0.2, 0.25) is 0 Å². The minimum absolute atomic E-state index is 0.00645. The van der Waals surface area contributed by atoms with Crippen LogP contribution < -0.4 is 0 Å². The third kappa shape index (κ3) is 3.47. The Balaban J connectivity index is 2.64. The van der Waals surface area contributed by atoms with Gasteiger partial charge in [0.15, 0.2) is 0 Å². The molecule has 0 aliphatic carbocycles. The van der Waals surface area contributed by atoms with Crippen LogP contribution in [0.3, 0.4) is 0 Å². The maximum Gasteiger partial charge on any atom is 0.273 e. The molecule has 1 rings (SSSR count). The molecule has 0 atom stereocenters. The molecule has 0 radical (unpaired) electrons. The highest BCUT2D eigenvalue weighted by Crippen LogP contribution is 2.10. The van der Waals surface area contributed by atoms with Crippen LogP contribution in [0.4, 0.5) is 0 Å². The first-order valence-electron chi connectivity index (χ1n) is 4.96. The van der Waals surface area contributed by atoms with Crippen LogP contribution in [0.5, 0.6) is 0 Å². The summed E-state index contributed by atoms with van der Waals surface area (Å²) in [6.07, 6.45) is 0.824. The molecule has 1 heterocycles. The average Bonchev–Trinajstić information content (AvgIpc) is 2.65. The first kappa shape index (κ1) is 12.5. The summed E-state index contributed by atoms with van der Waals surface area (Å²) in [6, 6.07) is 0. The summed E-state index contributed by atoms with van der Waals surface area (Å²) in [6.45, 7) is 5.27. The van der Waals surface area contributed by atoms with Crippen molar-refractivity contribution in [2.24, 2.45) is 0 Å². The predicted octanol–water partition coefficient (Wildman–Crippen LogP) is 2.54. The van der Waals surface area contributed by atoms with E-state index in [1.807, 2.05) is 13.8 Å². The average molecular weight is 247 g/mol. The van der Waals surface area contributed by atoms with Gasteiger partial charge in [-0.3, -0.25) is 4.79 Å². The first-order valence-corrected chi connectivity index (χ1v) is 6.37. The molecule has 3 nitrogen and oxygen atoms in total. The van der Waals surface area contributed by atoms with Gasteiger partial charge in [-0.05, 0) is 20.3 Å². The van der Waals surface area contributed by atoms with Gasteiger partial charge in [0.05, 0.1) is 5.01 Å². The fraction of sp³-hybridized carbons (Fsp3) is 0.600. The van der Waals surface area contributed by atoms with E-state index in [9.17, 15) is 4.79 Å². The van der Waals surface area contributed by atoms with Crippen LogP contribution in [-0.2, 0) is 0 Å². The Labute approximate surface area is 99.1 Å². The Hall–Kier alpha value is -0.610. The van der Waals surface area contributed by atoms with E-state index in [-0.39, 0.29) is 5.91 Å². The molecule has 0 bridgehead atoms. The second-order valence-electron chi connectivity index (χ2n) is 3.18. The molecule has 0 fully saturated rings. The minimum Gasteiger partial charge on any atom is -0.338 e. The summed E-state index contributed by atoms with van der Waals surface area (Å²) in [7, 11) is 0. The van der Waals surface area contributed by atoms with Crippen LogP contribution in [0.1, 0.15) is 28.8 Å². The first-order chi connectivity index (χ1) is 7.19.